The molecular weight excluding hydrogens is 329 g/mol. The van der Waals surface area contributed by atoms with E-state index < -0.39 is 27.6 Å². The second-order valence-corrected chi connectivity index (χ2v) is 7.32. The zero-order valence-corrected chi connectivity index (χ0v) is 13.0. The molecule has 2 nitrogen and oxygen atoms in total. The van der Waals surface area contributed by atoms with Crippen molar-refractivity contribution in [3.63, 3.8) is 0 Å². The predicted octanol–water partition coefficient (Wildman–Crippen LogP) is 4.42. The number of cyclic esters (lactones) is 1. The summed E-state index contributed by atoms with van der Waals surface area (Å²) in [7, 11) is 0. The molecule has 1 aromatic rings. The lowest BCUT2D eigenvalue weighted by atomic mass is 10.0. The van der Waals surface area contributed by atoms with E-state index in [1.165, 1.54) is 0 Å². The molecule has 1 saturated heterocycles. The summed E-state index contributed by atoms with van der Waals surface area (Å²) in [5.41, 5.74) is -0.0839. The van der Waals surface area contributed by atoms with Crippen molar-refractivity contribution in [1.29, 1.82) is 0 Å². The molecule has 0 unspecified atom stereocenters. The number of carbonyl (C=O) groups excluding carboxylic acids is 1. The number of thioether (sulfide) groups is 1. The van der Waals surface area contributed by atoms with Crippen LogP contribution in [0.15, 0.2) is 29.2 Å². The van der Waals surface area contributed by atoms with Crippen molar-refractivity contribution in [2.45, 2.75) is 34.4 Å². The summed E-state index contributed by atoms with van der Waals surface area (Å²) in [6.45, 7) is 2.59. The Labute approximate surface area is 129 Å². The van der Waals surface area contributed by atoms with Crippen LogP contribution in [-0.4, -0.2) is 21.7 Å². The van der Waals surface area contributed by atoms with Gasteiger partial charge in [0.25, 0.3) is 5.92 Å². The van der Waals surface area contributed by atoms with Gasteiger partial charge < -0.3 is 4.74 Å². The summed E-state index contributed by atoms with van der Waals surface area (Å²) < 4.78 is 30.1. The Kier molecular flexibility index (Phi) is 4.24. The fourth-order valence-corrected chi connectivity index (χ4v) is 4.08. The molecule has 1 aromatic carbocycles. The minimum absolute atomic E-state index is 0.682. The second kappa shape index (κ2) is 5.35. The highest BCUT2D eigenvalue weighted by atomic mass is 35.5. The number of carbonyl (C=O) groups is 1. The van der Waals surface area contributed by atoms with E-state index in [1.54, 1.807) is 12.1 Å². The highest BCUT2D eigenvalue weighted by molar-refractivity contribution is 7.99. The number of esters is 1. The van der Waals surface area contributed by atoms with E-state index in [9.17, 15) is 13.6 Å². The molecule has 20 heavy (non-hydrogen) atoms. The van der Waals surface area contributed by atoms with Gasteiger partial charge in [-0.05, 0) is 26.0 Å². The fraction of sp³-hybridized carbons (Fsp3) is 0.462. The normalized spacial score (nSPS) is 25.6. The van der Waals surface area contributed by atoms with Crippen molar-refractivity contribution >= 4 is 40.9 Å². The minimum atomic E-state index is -3.24. The van der Waals surface area contributed by atoms with E-state index in [-0.39, 0.29) is 0 Å². The third kappa shape index (κ3) is 3.05. The van der Waals surface area contributed by atoms with E-state index in [4.69, 9.17) is 27.9 Å². The fourth-order valence-electron chi connectivity index (χ4n) is 1.95. The average molecular weight is 341 g/mol. The number of rotatable bonds is 3. The Hall–Kier alpha value is -0.520. The lowest BCUT2D eigenvalue weighted by Crippen LogP contribution is -2.41. The number of halogens is 4. The first kappa shape index (κ1) is 15.9. The van der Waals surface area contributed by atoms with E-state index in [0.29, 0.717) is 11.8 Å². The molecule has 0 spiro atoms. The maximum Gasteiger partial charge on any atom is 0.344 e. The van der Waals surface area contributed by atoms with Crippen LogP contribution in [0.4, 0.5) is 8.78 Å². The maximum absolute atomic E-state index is 13.7. The predicted molar refractivity (Wildman–Crippen MR) is 75.5 cm³/mol. The summed E-state index contributed by atoms with van der Waals surface area (Å²) in [5, 5.41) is 0. The number of hydrogen-bond donors (Lipinski definition) is 0. The minimum Gasteiger partial charge on any atom is -0.448 e. The summed E-state index contributed by atoms with van der Waals surface area (Å²) in [4.78, 5) is 12.3. The van der Waals surface area contributed by atoms with Crippen molar-refractivity contribution in [2.75, 3.05) is 0 Å². The molecular formula is C13H12Cl2F2O2S. The summed E-state index contributed by atoms with van der Waals surface area (Å²) in [6.07, 6.45) is 0. The number of aryl methyl sites for hydroxylation is 1. The molecule has 1 aliphatic rings. The lowest BCUT2D eigenvalue weighted by Gasteiger charge is -2.27. The Balaban J connectivity index is 2.26. The third-order valence-electron chi connectivity index (χ3n) is 2.98. The smallest absolute Gasteiger partial charge is 0.344 e. The van der Waals surface area contributed by atoms with Gasteiger partial charge in [0.05, 0.1) is 0 Å². The molecule has 1 heterocycles. The molecule has 2 rings (SSSR count). The van der Waals surface area contributed by atoms with Gasteiger partial charge in [-0.2, -0.15) is 0 Å². The molecule has 0 amide bonds. The van der Waals surface area contributed by atoms with E-state index in [1.807, 2.05) is 19.1 Å². The number of benzene rings is 1. The van der Waals surface area contributed by atoms with Crippen molar-refractivity contribution < 1.29 is 18.3 Å². The largest absolute Gasteiger partial charge is 0.448 e. The van der Waals surface area contributed by atoms with Gasteiger partial charge in [0.2, 0.25) is 4.33 Å². The van der Waals surface area contributed by atoms with Gasteiger partial charge in [-0.3, -0.25) is 0 Å². The van der Waals surface area contributed by atoms with Crippen LogP contribution < -0.4 is 0 Å². The van der Waals surface area contributed by atoms with Crippen molar-refractivity contribution in [2.24, 2.45) is 5.92 Å². The molecule has 110 valence electrons. The topological polar surface area (TPSA) is 26.3 Å². The zero-order chi connectivity index (χ0) is 15.1. The Morgan fingerprint density at radius 3 is 2.35 bits per heavy atom. The van der Waals surface area contributed by atoms with Crippen LogP contribution in [0.2, 0.25) is 0 Å². The van der Waals surface area contributed by atoms with Crippen LogP contribution >= 0.6 is 35.0 Å². The van der Waals surface area contributed by atoms with E-state index in [0.717, 1.165) is 17.3 Å². The second-order valence-electron chi connectivity index (χ2n) is 4.76. The maximum atomic E-state index is 13.7. The van der Waals surface area contributed by atoms with Gasteiger partial charge in [0.15, 0.2) is 5.44 Å². The van der Waals surface area contributed by atoms with Crippen molar-refractivity contribution in [3.05, 3.63) is 29.8 Å². The zero-order valence-electron chi connectivity index (χ0n) is 10.7. The highest BCUT2D eigenvalue weighted by Crippen LogP contribution is 2.52. The summed E-state index contributed by atoms with van der Waals surface area (Å²) in [6, 6.07) is 7.21. The Morgan fingerprint density at radius 2 is 1.85 bits per heavy atom. The SMILES string of the molecule is Cc1ccc(S[C@H]2OC(=O)C(Cl)(Cl)[C@H]2C(C)(F)F)cc1. The van der Waals surface area contributed by atoms with Gasteiger partial charge in [0.1, 0.15) is 5.92 Å². The van der Waals surface area contributed by atoms with Crippen LogP contribution in [0.5, 0.6) is 0 Å². The van der Waals surface area contributed by atoms with Crippen LogP contribution in [-0.2, 0) is 9.53 Å². The van der Waals surface area contributed by atoms with Gasteiger partial charge in [-0.15, -0.1) is 0 Å². The average Bonchev–Trinajstić information content (AvgIpc) is 2.51. The lowest BCUT2D eigenvalue weighted by molar-refractivity contribution is -0.139. The Morgan fingerprint density at radius 1 is 1.30 bits per heavy atom. The summed E-state index contributed by atoms with van der Waals surface area (Å²) in [5.74, 6) is -5.88. The van der Waals surface area contributed by atoms with Crippen LogP contribution in [0.3, 0.4) is 0 Å². The number of alkyl halides is 4. The molecule has 0 aliphatic carbocycles. The third-order valence-corrected chi connectivity index (χ3v) is 4.90. The van der Waals surface area contributed by atoms with Crippen LogP contribution in [0.25, 0.3) is 0 Å². The first-order chi connectivity index (χ1) is 9.12. The summed E-state index contributed by atoms with van der Waals surface area (Å²) >= 11 is 12.5. The van der Waals surface area contributed by atoms with E-state index in [2.05, 4.69) is 0 Å². The molecule has 0 radical (unpaired) electrons. The standard InChI is InChI=1S/C13H12Cl2F2O2S/c1-7-3-5-8(6-4-7)20-10-9(12(2,16)17)13(14,15)11(18)19-10/h3-6,9-10H,1-2H3/t9-,10-/m1/s1. The first-order valence-electron chi connectivity index (χ1n) is 5.82. The Bertz CT molecular complexity index is 514. The molecule has 2 atom stereocenters. The van der Waals surface area contributed by atoms with Gasteiger partial charge in [-0.25, -0.2) is 13.6 Å². The molecule has 0 aromatic heterocycles. The van der Waals surface area contributed by atoms with Crippen molar-refractivity contribution in [3.8, 4) is 0 Å². The molecule has 1 aliphatic heterocycles. The van der Waals surface area contributed by atoms with Gasteiger partial charge >= 0.3 is 5.97 Å². The monoisotopic (exact) mass is 340 g/mol. The first-order valence-corrected chi connectivity index (χ1v) is 7.46. The number of ether oxygens (including phenoxy) is 1. The molecule has 7 heteroatoms. The van der Waals surface area contributed by atoms with Gasteiger partial charge in [-0.1, -0.05) is 52.7 Å². The molecule has 1 fully saturated rings. The highest BCUT2D eigenvalue weighted by Gasteiger charge is 2.64. The number of hydrogen-bond acceptors (Lipinski definition) is 3. The van der Waals surface area contributed by atoms with Crippen LogP contribution in [0, 0.1) is 12.8 Å². The van der Waals surface area contributed by atoms with Crippen LogP contribution in [0.1, 0.15) is 12.5 Å². The molecule has 0 saturated carbocycles. The molecule has 0 bridgehead atoms. The van der Waals surface area contributed by atoms with E-state index >= 15 is 0 Å². The van der Waals surface area contributed by atoms with Crippen molar-refractivity contribution in [1.82, 2.24) is 0 Å². The molecule has 0 N–H and O–H groups in total. The quantitative estimate of drug-likeness (QED) is 0.602. The van der Waals surface area contributed by atoms with Gasteiger partial charge in [0, 0.05) is 4.90 Å².